The third kappa shape index (κ3) is 3.32. The van der Waals surface area contributed by atoms with Crippen molar-refractivity contribution in [1.82, 2.24) is 0 Å². The smallest absolute Gasteiger partial charge is 0.246 e. The topological polar surface area (TPSA) is 63.3 Å². The van der Waals surface area contributed by atoms with Crippen LogP contribution in [0.2, 0.25) is 0 Å². The highest BCUT2D eigenvalue weighted by Gasteiger charge is 2.10. The van der Waals surface area contributed by atoms with Crippen LogP contribution < -0.4 is 5.73 Å². The van der Waals surface area contributed by atoms with Gasteiger partial charge in [-0.15, -0.1) is 0 Å². The molecule has 0 aromatic heterocycles. The molecule has 0 aliphatic heterocycles. The Bertz CT molecular complexity index is 592. The van der Waals surface area contributed by atoms with Crippen LogP contribution >= 0.6 is 0 Å². The predicted octanol–water partition coefficient (Wildman–Crippen LogP) is 2.18. The van der Waals surface area contributed by atoms with Gasteiger partial charge in [-0.25, -0.2) is 0 Å². The molecule has 0 fully saturated rings. The molecule has 0 aliphatic rings. The second-order valence-electron chi connectivity index (χ2n) is 4.83. The van der Waals surface area contributed by atoms with E-state index in [0.29, 0.717) is 12.8 Å². The number of hydrogen-bond acceptors (Lipinski definition) is 2. The molecule has 2 rings (SSSR count). The summed E-state index contributed by atoms with van der Waals surface area (Å²) in [7, 11) is 0. The number of fused-ring (bicyclic) bond motifs is 1. The molecule has 0 bridgehead atoms. The Hall–Kier alpha value is -1.87. The van der Waals surface area contributed by atoms with Crippen molar-refractivity contribution in [2.75, 3.05) is 0 Å². The molecule has 0 spiro atoms. The summed E-state index contributed by atoms with van der Waals surface area (Å²) in [6.07, 6.45) is 0.990. The number of aliphatic hydroxyl groups is 1. The third-order valence-corrected chi connectivity index (χ3v) is 3.41. The first-order chi connectivity index (χ1) is 9.10. The number of primary amides is 1. The van der Waals surface area contributed by atoms with E-state index >= 15 is 0 Å². The lowest BCUT2D eigenvalue weighted by Crippen LogP contribution is -2.28. The quantitative estimate of drug-likeness (QED) is 0.862. The number of amides is 1. The summed E-state index contributed by atoms with van der Waals surface area (Å²) in [5.74, 6) is -0.659. The van der Waals surface area contributed by atoms with Crippen LogP contribution in [0.4, 0.5) is 0 Å². The number of aryl methyl sites for hydroxylation is 2. The van der Waals surface area contributed by atoms with E-state index in [9.17, 15) is 9.90 Å². The van der Waals surface area contributed by atoms with Crippen LogP contribution in [0.15, 0.2) is 36.4 Å². The number of hydrogen-bond donors (Lipinski definition) is 2. The van der Waals surface area contributed by atoms with Gasteiger partial charge in [-0.05, 0) is 41.2 Å². The SMILES string of the molecule is CCc1ccc2cc(CCC(O)C(N)=O)ccc2c1. The van der Waals surface area contributed by atoms with Crippen LogP contribution in [-0.2, 0) is 17.6 Å². The van der Waals surface area contributed by atoms with E-state index in [2.05, 4.69) is 37.3 Å². The number of nitrogens with two attached hydrogens (primary N) is 1. The van der Waals surface area contributed by atoms with Crippen molar-refractivity contribution >= 4 is 16.7 Å². The maximum atomic E-state index is 10.8. The van der Waals surface area contributed by atoms with E-state index in [4.69, 9.17) is 5.73 Å². The lowest BCUT2D eigenvalue weighted by Gasteiger charge is -2.08. The van der Waals surface area contributed by atoms with Crippen molar-refractivity contribution in [2.45, 2.75) is 32.3 Å². The van der Waals surface area contributed by atoms with Crippen molar-refractivity contribution in [3.05, 3.63) is 47.5 Å². The van der Waals surface area contributed by atoms with Crippen molar-refractivity contribution in [1.29, 1.82) is 0 Å². The maximum absolute atomic E-state index is 10.8. The van der Waals surface area contributed by atoms with Gasteiger partial charge in [0.15, 0.2) is 0 Å². The number of aliphatic hydroxyl groups excluding tert-OH is 1. The Morgan fingerprint density at radius 2 is 1.74 bits per heavy atom. The van der Waals surface area contributed by atoms with E-state index in [1.165, 1.54) is 16.3 Å². The second kappa shape index (κ2) is 5.85. The number of rotatable bonds is 5. The zero-order chi connectivity index (χ0) is 13.8. The third-order valence-electron chi connectivity index (χ3n) is 3.41. The standard InChI is InChI=1S/C16H19NO2/c1-2-11-3-6-14-10-12(4-7-13(14)9-11)5-8-15(18)16(17)19/h3-4,6-7,9-10,15,18H,2,5,8H2,1H3,(H2,17,19). The van der Waals surface area contributed by atoms with Crippen LogP contribution in [0.3, 0.4) is 0 Å². The Morgan fingerprint density at radius 1 is 1.16 bits per heavy atom. The van der Waals surface area contributed by atoms with E-state index < -0.39 is 12.0 Å². The second-order valence-corrected chi connectivity index (χ2v) is 4.83. The van der Waals surface area contributed by atoms with Gasteiger partial charge >= 0.3 is 0 Å². The molecule has 2 aromatic rings. The summed E-state index contributed by atoms with van der Waals surface area (Å²) in [5.41, 5.74) is 7.47. The summed E-state index contributed by atoms with van der Waals surface area (Å²) in [6.45, 7) is 2.14. The minimum atomic E-state index is -1.06. The average molecular weight is 257 g/mol. The Morgan fingerprint density at radius 3 is 2.32 bits per heavy atom. The highest BCUT2D eigenvalue weighted by molar-refractivity contribution is 5.84. The summed E-state index contributed by atoms with van der Waals surface area (Å²) >= 11 is 0. The molecule has 19 heavy (non-hydrogen) atoms. The van der Waals surface area contributed by atoms with Gasteiger partial charge in [0.2, 0.25) is 5.91 Å². The van der Waals surface area contributed by atoms with Gasteiger partial charge in [0.05, 0.1) is 0 Å². The van der Waals surface area contributed by atoms with Gasteiger partial charge in [-0.1, -0.05) is 43.3 Å². The Kier molecular flexibility index (Phi) is 4.17. The monoisotopic (exact) mass is 257 g/mol. The van der Waals surface area contributed by atoms with Gasteiger partial charge < -0.3 is 10.8 Å². The Balaban J connectivity index is 2.15. The normalized spacial score (nSPS) is 12.5. The molecule has 0 heterocycles. The van der Waals surface area contributed by atoms with Gasteiger partial charge in [-0.2, -0.15) is 0 Å². The predicted molar refractivity (Wildman–Crippen MR) is 76.8 cm³/mol. The fourth-order valence-corrected chi connectivity index (χ4v) is 2.17. The zero-order valence-electron chi connectivity index (χ0n) is 11.1. The highest BCUT2D eigenvalue weighted by Crippen LogP contribution is 2.19. The molecule has 1 atom stereocenters. The van der Waals surface area contributed by atoms with Crippen LogP contribution in [0.25, 0.3) is 10.8 Å². The molecule has 0 radical (unpaired) electrons. The molecule has 1 unspecified atom stereocenters. The molecule has 3 nitrogen and oxygen atoms in total. The summed E-state index contributed by atoms with van der Waals surface area (Å²) in [4.78, 5) is 10.8. The first kappa shape index (κ1) is 13.6. The van der Waals surface area contributed by atoms with Gasteiger partial charge in [0.25, 0.3) is 0 Å². The van der Waals surface area contributed by atoms with E-state index in [1.807, 2.05) is 6.07 Å². The molecule has 3 heteroatoms. The highest BCUT2D eigenvalue weighted by atomic mass is 16.3. The van der Waals surface area contributed by atoms with Crippen molar-refractivity contribution < 1.29 is 9.90 Å². The van der Waals surface area contributed by atoms with E-state index in [-0.39, 0.29) is 0 Å². The number of carbonyl (C=O) groups is 1. The van der Waals surface area contributed by atoms with Gasteiger partial charge in [0, 0.05) is 0 Å². The van der Waals surface area contributed by atoms with Crippen molar-refractivity contribution in [2.24, 2.45) is 5.73 Å². The largest absolute Gasteiger partial charge is 0.383 e. The fraction of sp³-hybridized carbons (Fsp3) is 0.312. The van der Waals surface area contributed by atoms with Gasteiger partial charge in [-0.3, -0.25) is 4.79 Å². The van der Waals surface area contributed by atoms with Crippen LogP contribution in [0, 0.1) is 0 Å². The molecule has 0 saturated heterocycles. The Labute approximate surface area is 113 Å². The lowest BCUT2D eigenvalue weighted by molar-refractivity contribution is -0.126. The molecular weight excluding hydrogens is 238 g/mol. The minimum absolute atomic E-state index is 0.369. The molecular formula is C16H19NO2. The molecule has 2 aromatic carbocycles. The van der Waals surface area contributed by atoms with Crippen molar-refractivity contribution in [3.63, 3.8) is 0 Å². The zero-order valence-corrected chi connectivity index (χ0v) is 11.1. The van der Waals surface area contributed by atoms with Crippen LogP contribution in [0.1, 0.15) is 24.5 Å². The van der Waals surface area contributed by atoms with E-state index in [0.717, 1.165) is 12.0 Å². The summed E-state index contributed by atoms with van der Waals surface area (Å²) in [5, 5.41) is 11.8. The van der Waals surface area contributed by atoms with Crippen molar-refractivity contribution in [3.8, 4) is 0 Å². The maximum Gasteiger partial charge on any atom is 0.246 e. The average Bonchev–Trinajstić information content (AvgIpc) is 2.43. The number of carbonyl (C=O) groups excluding carboxylic acids is 1. The molecule has 100 valence electrons. The first-order valence-corrected chi connectivity index (χ1v) is 6.59. The van der Waals surface area contributed by atoms with Gasteiger partial charge in [0.1, 0.15) is 6.10 Å². The number of benzene rings is 2. The van der Waals surface area contributed by atoms with Crippen LogP contribution in [-0.4, -0.2) is 17.1 Å². The minimum Gasteiger partial charge on any atom is -0.383 e. The molecule has 3 N–H and O–H groups in total. The fourth-order valence-electron chi connectivity index (χ4n) is 2.17. The lowest BCUT2D eigenvalue weighted by atomic mass is 10.00. The first-order valence-electron chi connectivity index (χ1n) is 6.59. The van der Waals surface area contributed by atoms with Crippen LogP contribution in [0.5, 0.6) is 0 Å². The summed E-state index contributed by atoms with van der Waals surface area (Å²) < 4.78 is 0. The molecule has 0 aliphatic carbocycles. The van der Waals surface area contributed by atoms with E-state index in [1.54, 1.807) is 0 Å². The molecule has 0 saturated carbocycles. The molecule has 1 amide bonds. The summed E-state index contributed by atoms with van der Waals surface area (Å²) in [6, 6.07) is 12.7.